The molecule has 4 rings (SSSR count). The molecule has 0 spiro atoms. The summed E-state index contributed by atoms with van der Waals surface area (Å²) in [5, 5.41) is 3.31. The van der Waals surface area contributed by atoms with Gasteiger partial charge in [0.05, 0.1) is 17.8 Å². The lowest BCUT2D eigenvalue weighted by Crippen LogP contribution is -2.59. The predicted octanol–water partition coefficient (Wildman–Crippen LogP) is 3.74. The van der Waals surface area contributed by atoms with Gasteiger partial charge in [-0.05, 0) is 23.8 Å². The summed E-state index contributed by atoms with van der Waals surface area (Å²) in [6, 6.07) is 8.36. The van der Waals surface area contributed by atoms with Crippen LogP contribution in [-0.2, 0) is 16.1 Å². The number of carbonyl (C=O) groups is 1. The van der Waals surface area contributed by atoms with Gasteiger partial charge in [-0.25, -0.2) is 13.2 Å². The third kappa shape index (κ3) is 4.53. The van der Waals surface area contributed by atoms with Crippen LogP contribution >= 0.6 is 20.5 Å². The molecule has 0 saturated carbocycles. The van der Waals surface area contributed by atoms with E-state index in [2.05, 4.69) is 20.8 Å². The molecule has 0 aliphatic carbocycles. The van der Waals surface area contributed by atoms with Crippen molar-refractivity contribution in [1.82, 2.24) is 5.32 Å². The summed E-state index contributed by atoms with van der Waals surface area (Å²) in [5.41, 5.74) is 5.15. The molecule has 1 fully saturated rings. The number of halogens is 4. The number of fused-ring (bicyclic) bond motifs is 1. The quantitative estimate of drug-likeness (QED) is 0.437. The summed E-state index contributed by atoms with van der Waals surface area (Å²) >= 11 is 5.95. The lowest BCUT2D eigenvalue weighted by atomic mass is 9.80. The molecule has 2 heterocycles. The average molecular weight is 512 g/mol. The molecule has 0 unspecified atom stereocenters. The van der Waals surface area contributed by atoms with Gasteiger partial charge in [-0.3, -0.25) is 4.79 Å². The first-order valence-electron chi connectivity index (χ1n) is 10.3. The summed E-state index contributed by atoms with van der Waals surface area (Å²) < 4.78 is 53.3. The second-order valence-electron chi connectivity index (χ2n) is 8.18. The van der Waals surface area contributed by atoms with E-state index < -0.39 is 29.6 Å². The fourth-order valence-electron chi connectivity index (χ4n) is 3.70. The number of carbonyl (C=O) groups excluding carboxylic acids is 1. The van der Waals surface area contributed by atoms with Crippen LogP contribution in [-0.4, -0.2) is 43.6 Å². The zero-order chi connectivity index (χ0) is 24.6. The Morgan fingerprint density at radius 1 is 1.35 bits per heavy atom. The second-order valence-corrected chi connectivity index (χ2v) is 9.07. The highest BCUT2D eigenvalue weighted by Crippen LogP contribution is 2.40. The third-order valence-corrected chi connectivity index (χ3v) is 6.54. The molecule has 0 radical (unpaired) electrons. The number of amides is 1. The Morgan fingerprint density at radius 3 is 2.62 bits per heavy atom. The maximum absolute atomic E-state index is 15.0. The van der Waals surface area contributed by atoms with Gasteiger partial charge in [-0.15, -0.1) is 0 Å². The molecule has 180 valence electrons. The van der Waals surface area contributed by atoms with E-state index >= 15 is 4.39 Å². The van der Waals surface area contributed by atoms with Crippen molar-refractivity contribution in [2.24, 2.45) is 11.1 Å². The number of alkyl halides is 2. The summed E-state index contributed by atoms with van der Waals surface area (Å²) in [7, 11) is 3.21. The van der Waals surface area contributed by atoms with Crippen molar-refractivity contribution < 1.29 is 27.4 Å². The van der Waals surface area contributed by atoms with Gasteiger partial charge in [0.1, 0.15) is 35.4 Å². The molecular weight excluding hydrogens is 490 g/mol. The third-order valence-electron chi connectivity index (χ3n) is 5.92. The summed E-state index contributed by atoms with van der Waals surface area (Å²) in [5.74, 6) is -1.26. The Hall–Kier alpha value is -2.58. The SMILES string of the molecule is C=C(OC(=P)c1cc2c(cc1F)OC[C@H](N)C(=O)N2Cc1ccc(Cl)cc1)C1(C(F)F)CNC1. The van der Waals surface area contributed by atoms with Crippen LogP contribution in [0.25, 0.3) is 0 Å². The average Bonchev–Trinajstić information content (AvgIpc) is 2.85. The zero-order valence-corrected chi connectivity index (χ0v) is 19.7. The van der Waals surface area contributed by atoms with Gasteiger partial charge in [0.15, 0.2) is 5.48 Å². The molecule has 3 N–H and O–H groups in total. The van der Waals surface area contributed by atoms with Crippen LogP contribution in [0.5, 0.6) is 5.75 Å². The molecule has 0 aromatic heterocycles. The molecule has 6 nitrogen and oxygen atoms in total. The smallest absolute Gasteiger partial charge is 0.253 e. The Morgan fingerprint density at radius 2 is 2.03 bits per heavy atom. The van der Waals surface area contributed by atoms with Crippen molar-refractivity contribution in [3.8, 4) is 5.75 Å². The summed E-state index contributed by atoms with van der Waals surface area (Å²) in [6.07, 6.45) is -2.71. The number of benzene rings is 2. The van der Waals surface area contributed by atoms with Gasteiger partial charge >= 0.3 is 0 Å². The van der Waals surface area contributed by atoms with Crippen molar-refractivity contribution in [3.05, 3.63) is 70.7 Å². The van der Waals surface area contributed by atoms with Crippen LogP contribution in [0.3, 0.4) is 0 Å². The highest BCUT2D eigenvalue weighted by atomic mass is 35.5. The molecule has 2 aromatic carbocycles. The molecule has 2 aliphatic heterocycles. The number of hydrogen-bond donors (Lipinski definition) is 2. The van der Waals surface area contributed by atoms with E-state index in [1.54, 1.807) is 24.3 Å². The van der Waals surface area contributed by atoms with Crippen LogP contribution in [0.15, 0.2) is 48.7 Å². The van der Waals surface area contributed by atoms with Crippen molar-refractivity contribution in [1.29, 1.82) is 0 Å². The number of nitrogens with zero attached hydrogens (tertiary/aromatic N) is 1. The fraction of sp³-hybridized carbons (Fsp3) is 0.304. The molecule has 1 atom stereocenters. The van der Waals surface area contributed by atoms with E-state index in [-0.39, 0.29) is 54.5 Å². The van der Waals surface area contributed by atoms with Crippen LogP contribution in [0.4, 0.5) is 18.9 Å². The lowest BCUT2D eigenvalue weighted by molar-refractivity contribution is -0.120. The zero-order valence-electron chi connectivity index (χ0n) is 17.9. The monoisotopic (exact) mass is 511 g/mol. The Labute approximate surface area is 201 Å². The number of ether oxygens (including phenoxy) is 2. The Kier molecular flexibility index (Phi) is 6.92. The molecular formula is C23H22ClF3N3O3P. The van der Waals surface area contributed by atoms with E-state index in [1.807, 2.05) is 0 Å². The molecule has 2 aliphatic rings. The Bertz CT molecular complexity index is 1140. The van der Waals surface area contributed by atoms with Gasteiger partial charge < -0.3 is 25.4 Å². The van der Waals surface area contributed by atoms with E-state index in [0.29, 0.717) is 5.02 Å². The van der Waals surface area contributed by atoms with Gasteiger partial charge in [-0.2, -0.15) is 0 Å². The number of nitrogens with one attached hydrogen (secondary N) is 1. The minimum absolute atomic E-state index is 0.00915. The predicted molar refractivity (Wildman–Crippen MR) is 126 cm³/mol. The van der Waals surface area contributed by atoms with Crippen molar-refractivity contribution in [3.63, 3.8) is 0 Å². The van der Waals surface area contributed by atoms with E-state index in [9.17, 15) is 13.6 Å². The van der Waals surface area contributed by atoms with Gasteiger partial charge in [0, 0.05) is 24.2 Å². The molecule has 1 amide bonds. The van der Waals surface area contributed by atoms with Crippen LogP contribution in [0, 0.1) is 11.2 Å². The van der Waals surface area contributed by atoms with Crippen LogP contribution in [0.1, 0.15) is 11.1 Å². The standard InChI is InChI=1S/C23H22ClF3N3O3P/c1-12(23(22(26)27)10-29-11-23)33-21(34)15-6-18-19(7-16(15)25)32-9-17(28)20(31)30(18)8-13-2-4-14(24)5-3-13/h2-7,17,22,29,34H,1,8-11,28H2/t17-/m0/s1. The Balaban J connectivity index is 1.67. The minimum Gasteiger partial charge on any atom is -0.489 e. The van der Waals surface area contributed by atoms with E-state index in [4.69, 9.17) is 26.8 Å². The van der Waals surface area contributed by atoms with Crippen molar-refractivity contribution in [2.75, 3.05) is 24.6 Å². The van der Waals surface area contributed by atoms with E-state index in [0.717, 1.165) is 11.6 Å². The minimum atomic E-state index is -2.71. The first-order chi connectivity index (χ1) is 16.1. The van der Waals surface area contributed by atoms with Gasteiger partial charge in [0.2, 0.25) is 5.91 Å². The summed E-state index contributed by atoms with van der Waals surface area (Å²) in [6.45, 7) is 3.60. The highest BCUT2D eigenvalue weighted by Gasteiger charge is 2.50. The number of rotatable bonds is 7. The van der Waals surface area contributed by atoms with Gasteiger partial charge in [-0.1, -0.05) is 39.2 Å². The lowest BCUT2D eigenvalue weighted by Gasteiger charge is -2.42. The number of anilines is 1. The maximum Gasteiger partial charge on any atom is 0.253 e. The van der Waals surface area contributed by atoms with Gasteiger partial charge in [0.25, 0.3) is 6.43 Å². The van der Waals surface area contributed by atoms with Crippen molar-refractivity contribution >= 4 is 37.5 Å². The van der Waals surface area contributed by atoms with Crippen molar-refractivity contribution in [2.45, 2.75) is 19.0 Å². The number of nitrogens with two attached hydrogens (primary N) is 1. The molecule has 0 bridgehead atoms. The molecule has 2 aromatic rings. The maximum atomic E-state index is 15.0. The molecule has 11 heteroatoms. The van der Waals surface area contributed by atoms with Crippen LogP contribution in [0.2, 0.25) is 5.02 Å². The number of hydrogen-bond acceptors (Lipinski definition) is 5. The molecule has 34 heavy (non-hydrogen) atoms. The second kappa shape index (κ2) is 9.58. The topological polar surface area (TPSA) is 76.8 Å². The van der Waals surface area contributed by atoms with E-state index in [1.165, 1.54) is 11.0 Å². The first kappa shape index (κ1) is 24.5. The van der Waals surface area contributed by atoms with Crippen LogP contribution < -0.4 is 20.7 Å². The highest BCUT2D eigenvalue weighted by molar-refractivity contribution is 7.21. The normalized spacial score (nSPS) is 19.1. The summed E-state index contributed by atoms with van der Waals surface area (Å²) in [4.78, 5) is 14.4. The fourth-order valence-corrected chi connectivity index (χ4v) is 4.14. The molecule has 1 saturated heterocycles. The first-order valence-corrected chi connectivity index (χ1v) is 11.2. The largest absolute Gasteiger partial charge is 0.489 e.